The number of nitrogens with zero attached hydrogens (tertiary/aromatic N) is 4. The number of aromatic nitrogens is 3. The number of H-pyrrole nitrogens is 1. The van der Waals surface area contributed by atoms with E-state index in [9.17, 15) is 4.79 Å². The fraction of sp³-hybridized carbons (Fsp3) is 0.222. The first kappa shape index (κ1) is 22.7. The van der Waals surface area contributed by atoms with Crippen molar-refractivity contribution in [1.29, 1.82) is 0 Å². The monoisotopic (exact) mass is 498 g/mol. The van der Waals surface area contributed by atoms with Crippen LogP contribution in [0.5, 0.6) is 11.6 Å². The van der Waals surface area contributed by atoms with Crippen molar-refractivity contribution >= 4 is 44.1 Å². The summed E-state index contributed by atoms with van der Waals surface area (Å²) in [5.74, 6) is 1.54. The van der Waals surface area contributed by atoms with E-state index >= 15 is 0 Å². The van der Waals surface area contributed by atoms with E-state index in [1.54, 1.807) is 6.07 Å². The van der Waals surface area contributed by atoms with Crippen LogP contribution in [0.2, 0.25) is 0 Å². The lowest BCUT2D eigenvalue weighted by molar-refractivity contribution is 0.148. The van der Waals surface area contributed by atoms with Gasteiger partial charge in [-0.05, 0) is 59.8 Å². The normalized spacial score (nSPS) is 14.9. The lowest BCUT2D eigenvalue weighted by Gasteiger charge is -2.32. The minimum atomic E-state index is -0.150. The molecule has 3 aromatic heterocycles. The highest BCUT2D eigenvalue weighted by molar-refractivity contribution is 7.17. The van der Waals surface area contributed by atoms with E-state index < -0.39 is 0 Å². The maximum atomic E-state index is 11.7. The van der Waals surface area contributed by atoms with Crippen LogP contribution in [0.15, 0.2) is 70.8 Å². The largest absolute Gasteiger partial charge is 0.437 e. The molecule has 2 aromatic carbocycles. The number of thiophene rings is 1. The van der Waals surface area contributed by atoms with Gasteiger partial charge in [-0.2, -0.15) is 4.98 Å². The Kier molecular flexibility index (Phi) is 6.10. The Balaban J connectivity index is 1.21. The van der Waals surface area contributed by atoms with Crippen LogP contribution in [0.1, 0.15) is 5.56 Å². The molecular formula is C27H26N6O2S. The standard InChI is InChI=1S/C27H26N6O2S/c1-32-11-13-33(14-12-32)17-18-2-6-20(7-3-18)28-27-30-22-10-15-36-25(22)26(31-27)35-21-8-4-19-5-9-24(34)29-23(19)16-21/h2-10,15-16H,11-14,17H2,1H3,(H,29,34)(H,28,30,31). The maximum absolute atomic E-state index is 11.7. The Morgan fingerprint density at radius 1 is 1.00 bits per heavy atom. The highest BCUT2D eigenvalue weighted by Gasteiger charge is 2.15. The van der Waals surface area contributed by atoms with Gasteiger partial charge in [0.05, 0.1) is 11.0 Å². The number of nitrogens with one attached hydrogen (secondary N) is 2. The van der Waals surface area contributed by atoms with E-state index in [0.717, 1.165) is 54.0 Å². The van der Waals surface area contributed by atoms with Crippen LogP contribution >= 0.6 is 11.3 Å². The molecule has 2 N–H and O–H groups in total. The zero-order valence-corrected chi connectivity index (χ0v) is 20.7. The number of likely N-dealkylation sites (N-methyl/N-ethyl adjacent to an activating group) is 1. The first-order valence-corrected chi connectivity index (χ1v) is 12.8. The fourth-order valence-electron chi connectivity index (χ4n) is 4.35. The molecule has 0 atom stereocenters. The number of hydrogen-bond donors (Lipinski definition) is 2. The summed E-state index contributed by atoms with van der Waals surface area (Å²) in [6.07, 6.45) is 0. The average molecular weight is 499 g/mol. The summed E-state index contributed by atoms with van der Waals surface area (Å²) in [5.41, 5.74) is 3.59. The Hall–Kier alpha value is -3.79. The summed E-state index contributed by atoms with van der Waals surface area (Å²) in [6, 6.07) is 19.3. The van der Waals surface area contributed by atoms with Gasteiger partial charge in [-0.15, -0.1) is 11.3 Å². The molecule has 0 unspecified atom stereocenters. The van der Waals surface area contributed by atoms with Crippen LogP contribution in [-0.2, 0) is 6.54 Å². The van der Waals surface area contributed by atoms with Gasteiger partial charge in [0.25, 0.3) is 0 Å². The van der Waals surface area contributed by atoms with Gasteiger partial charge in [0, 0.05) is 50.5 Å². The molecule has 1 saturated heterocycles. The number of piperazine rings is 1. The SMILES string of the molecule is CN1CCN(Cc2ccc(Nc3nc(Oc4ccc5ccc(=O)[nH]c5c4)c4sccc4n3)cc2)CC1. The molecular weight excluding hydrogens is 472 g/mol. The summed E-state index contributed by atoms with van der Waals surface area (Å²) in [5, 5.41) is 6.23. The first-order chi connectivity index (χ1) is 17.6. The lowest BCUT2D eigenvalue weighted by atomic mass is 10.2. The summed E-state index contributed by atoms with van der Waals surface area (Å²) in [4.78, 5) is 28.7. The van der Waals surface area contributed by atoms with Crippen molar-refractivity contribution in [2.75, 3.05) is 38.5 Å². The van der Waals surface area contributed by atoms with Crippen molar-refractivity contribution in [2.24, 2.45) is 0 Å². The van der Waals surface area contributed by atoms with Crippen molar-refractivity contribution in [3.8, 4) is 11.6 Å². The predicted molar refractivity (Wildman–Crippen MR) is 145 cm³/mol. The first-order valence-electron chi connectivity index (χ1n) is 11.9. The predicted octanol–water partition coefficient (Wildman–Crippen LogP) is 4.82. The number of hydrogen-bond acceptors (Lipinski definition) is 8. The zero-order chi connectivity index (χ0) is 24.5. The summed E-state index contributed by atoms with van der Waals surface area (Å²) in [6.45, 7) is 5.38. The van der Waals surface area contributed by atoms with Gasteiger partial charge in [-0.3, -0.25) is 9.69 Å². The van der Waals surface area contributed by atoms with Gasteiger partial charge in [-0.1, -0.05) is 12.1 Å². The molecule has 1 aliphatic rings. The smallest absolute Gasteiger partial charge is 0.248 e. The van der Waals surface area contributed by atoms with Gasteiger partial charge in [0.15, 0.2) is 0 Å². The molecule has 0 aliphatic carbocycles. The second-order valence-electron chi connectivity index (χ2n) is 9.06. The molecule has 1 aliphatic heterocycles. The number of ether oxygens (including phenoxy) is 1. The Morgan fingerprint density at radius 3 is 2.64 bits per heavy atom. The number of rotatable bonds is 6. The Labute approximate surface area is 212 Å². The number of aromatic amines is 1. The molecule has 0 bridgehead atoms. The minimum Gasteiger partial charge on any atom is -0.437 e. The second-order valence-corrected chi connectivity index (χ2v) is 9.98. The van der Waals surface area contributed by atoms with Gasteiger partial charge in [0.1, 0.15) is 10.4 Å². The van der Waals surface area contributed by atoms with Crippen molar-refractivity contribution in [3.05, 3.63) is 82.0 Å². The van der Waals surface area contributed by atoms with Crippen molar-refractivity contribution in [1.82, 2.24) is 24.8 Å². The molecule has 36 heavy (non-hydrogen) atoms. The lowest BCUT2D eigenvalue weighted by Crippen LogP contribution is -2.43. The molecule has 8 nitrogen and oxygen atoms in total. The molecule has 182 valence electrons. The Morgan fingerprint density at radius 2 is 1.81 bits per heavy atom. The van der Waals surface area contributed by atoms with Crippen molar-refractivity contribution in [2.45, 2.75) is 6.54 Å². The van der Waals surface area contributed by atoms with Gasteiger partial charge < -0.3 is 19.9 Å². The third-order valence-corrected chi connectivity index (χ3v) is 7.29. The quantitative estimate of drug-likeness (QED) is 0.347. The van der Waals surface area contributed by atoms with Crippen LogP contribution in [0.4, 0.5) is 11.6 Å². The fourth-order valence-corrected chi connectivity index (χ4v) is 5.11. The number of anilines is 2. The summed E-state index contributed by atoms with van der Waals surface area (Å²) >= 11 is 1.53. The molecule has 4 heterocycles. The van der Waals surface area contributed by atoms with E-state index in [-0.39, 0.29) is 5.56 Å². The summed E-state index contributed by atoms with van der Waals surface area (Å²) < 4.78 is 7.04. The van der Waals surface area contributed by atoms with Gasteiger partial charge in [0.2, 0.25) is 17.4 Å². The van der Waals surface area contributed by atoms with E-state index in [4.69, 9.17) is 4.74 Å². The number of benzene rings is 2. The highest BCUT2D eigenvalue weighted by atomic mass is 32.1. The third kappa shape index (κ3) is 4.94. The van der Waals surface area contributed by atoms with Crippen LogP contribution in [0, 0.1) is 0 Å². The van der Waals surface area contributed by atoms with E-state index in [0.29, 0.717) is 23.1 Å². The van der Waals surface area contributed by atoms with E-state index in [2.05, 4.69) is 61.4 Å². The average Bonchev–Trinajstić information content (AvgIpc) is 3.35. The number of fused-ring (bicyclic) bond motifs is 2. The minimum absolute atomic E-state index is 0.150. The van der Waals surface area contributed by atoms with Gasteiger partial charge in [-0.25, -0.2) is 4.98 Å². The molecule has 6 rings (SSSR count). The topological polar surface area (TPSA) is 86.4 Å². The summed E-state index contributed by atoms with van der Waals surface area (Å²) in [7, 11) is 2.17. The van der Waals surface area contributed by atoms with E-state index in [1.165, 1.54) is 23.0 Å². The molecule has 1 fully saturated rings. The van der Waals surface area contributed by atoms with Crippen LogP contribution in [0.3, 0.4) is 0 Å². The number of pyridine rings is 1. The van der Waals surface area contributed by atoms with E-state index in [1.807, 2.05) is 29.6 Å². The highest BCUT2D eigenvalue weighted by Crippen LogP contribution is 2.33. The van der Waals surface area contributed by atoms with Gasteiger partial charge >= 0.3 is 0 Å². The van der Waals surface area contributed by atoms with Crippen LogP contribution in [-0.4, -0.2) is 58.0 Å². The van der Waals surface area contributed by atoms with Crippen LogP contribution in [0.25, 0.3) is 21.1 Å². The zero-order valence-electron chi connectivity index (χ0n) is 19.9. The molecule has 0 spiro atoms. The maximum Gasteiger partial charge on any atom is 0.248 e. The second kappa shape index (κ2) is 9.69. The van der Waals surface area contributed by atoms with Crippen molar-refractivity contribution in [3.63, 3.8) is 0 Å². The van der Waals surface area contributed by atoms with Crippen LogP contribution < -0.4 is 15.6 Å². The molecule has 0 saturated carbocycles. The molecule has 9 heteroatoms. The third-order valence-electron chi connectivity index (χ3n) is 6.40. The molecule has 5 aromatic rings. The molecule has 0 radical (unpaired) electrons. The van der Waals surface area contributed by atoms with Crippen molar-refractivity contribution < 1.29 is 4.74 Å². The molecule has 0 amide bonds. The Bertz CT molecular complexity index is 1570.